The Bertz CT molecular complexity index is 1430. The standard InChI is InChI=1S/C24H17Cl2N3O4S/c1-12-9-14(13(2)28(12)15-7-8-18(25)16(11-15)23(32)33)10-17-21(30)27-24(34)29(22(17)31)20-6-4-3-5-19(20)26/h3-11H,1-2H3,(H,32,33)(H,27,30,34)/b17-10+. The van der Waals surface area contributed by atoms with Crippen molar-refractivity contribution in [1.29, 1.82) is 0 Å². The Balaban J connectivity index is 1.79. The Hall–Kier alpha value is -3.46. The number of rotatable bonds is 4. The molecule has 34 heavy (non-hydrogen) atoms. The minimum absolute atomic E-state index is 0.0303. The van der Waals surface area contributed by atoms with Crippen LogP contribution in [0.4, 0.5) is 5.69 Å². The van der Waals surface area contributed by atoms with Gasteiger partial charge >= 0.3 is 5.97 Å². The lowest BCUT2D eigenvalue weighted by Gasteiger charge is -2.29. The highest BCUT2D eigenvalue weighted by molar-refractivity contribution is 7.80. The molecule has 2 N–H and O–H groups in total. The normalized spacial score (nSPS) is 15.1. The third-order valence-corrected chi connectivity index (χ3v) is 6.34. The zero-order valence-corrected chi connectivity index (χ0v) is 20.3. The monoisotopic (exact) mass is 513 g/mol. The number of carbonyl (C=O) groups is 3. The lowest BCUT2D eigenvalue weighted by molar-refractivity contribution is -0.122. The number of carbonyl (C=O) groups excluding carboxylic acids is 2. The summed E-state index contributed by atoms with van der Waals surface area (Å²) in [4.78, 5) is 38.7. The van der Waals surface area contributed by atoms with Crippen molar-refractivity contribution in [2.75, 3.05) is 4.90 Å². The molecule has 0 radical (unpaired) electrons. The summed E-state index contributed by atoms with van der Waals surface area (Å²) in [5, 5.41) is 12.3. The van der Waals surface area contributed by atoms with E-state index in [0.717, 1.165) is 5.69 Å². The summed E-state index contributed by atoms with van der Waals surface area (Å²) in [6.07, 6.45) is 1.48. The second kappa shape index (κ2) is 9.06. The summed E-state index contributed by atoms with van der Waals surface area (Å²) in [6, 6.07) is 13.2. The molecular weight excluding hydrogens is 497 g/mol. The fourth-order valence-corrected chi connectivity index (χ4v) is 4.50. The number of aryl methyl sites for hydroxylation is 1. The Morgan fingerprint density at radius 3 is 2.44 bits per heavy atom. The zero-order valence-electron chi connectivity index (χ0n) is 17.9. The van der Waals surface area contributed by atoms with E-state index in [0.29, 0.717) is 27.7 Å². The third-order valence-electron chi connectivity index (χ3n) is 5.40. The topological polar surface area (TPSA) is 91.6 Å². The Morgan fingerprint density at radius 1 is 1.06 bits per heavy atom. The number of para-hydroxylation sites is 1. The molecule has 172 valence electrons. The van der Waals surface area contributed by atoms with Gasteiger partial charge in [0.2, 0.25) is 0 Å². The molecule has 0 bridgehead atoms. The number of thiocarbonyl (C=S) groups is 1. The molecule has 0 saturated carbocycles. The molecule has 2 heterocycles. The zero-order chi connectivity index (χ0) is 24.7. The van der Waals surface area contributed by atoms with Crippen LogP contribution in [0, 0.1) is 13.8 Å². The minimum atomic E-state index is -1.14. The smallest absolute Gasteiger partial charge is 0.337 e. The number of amides is 2. The molecule has 1 aromatic heterocycles. The molecule has 1 aliphatic rings. The second-order valence-electron chi connectivity index (χ2n) is 7.54. The molecule has 0 spiro atoms. The number of carboxylic acid groups (broad SMARTS) is 1. The van der Waals surface area contributed by atoms with Crippen LogP contribution >= 0.6 is 35.4 Å². The van der Waals surface area contributed by atoms with Crippen LogP contribution in [0.5, 0.6) is 0 Å². The lowest BCUT2D eigenvalue weighted by atomic mass is 10.1. The van der Waals surface area contributed by atoms with Gasteiger partial charge in [-0.2, -0.15) is 0 Å². The van der Waals surface area contributed by atoms with Crippen molar-refractivity contribution in [3.63, 3.8) is 0 Å². The van der Waals surface area contributed by atoms with E-state index in [4.69, 9.17) is 35.4 Å². The maximum absolute atomic E-state index is 13.3. The number of aromatic carboxylic acids is 1. The average Bonchev–Trinajstić information content (AvgIpc) is 3.05. The Morgan fingerprint density at radius 2 is 1.76 bits per heavy atom. The van der Waals surface area contributed by atoms with Gasteiger partial charge in [-0.1, -0.05) is 35.3 Å². The van der Waals surface area contributed by atoms with Crippen molar-refractivity contribution in [1.82, 2.24) is 9.88 Å². The van der Waals surface area contributed by atoms with Gasteiger partial charge in [-0.3, -0.25) is 19.8 Å². The number of benzene rings is 2. The molecule has 3 aromatic rings. The van der Waals surface area contributed by atoms with Crippen molar-refractivity contribution in [2.45, 2.75) is 13.8 Å². The predicted octanol–water partition coefficient (Wildman–Crippen LogP) is 4.93. The molecule has 1 fully saturated rings. The molecule has 2 aromatic carbocycles. The molecule has 1 saturated heterocycles. The number of halogens is 2. The van der Waals surface area contributed by atoms with Crippen LogP contribution < -0.4 is 10.2 Å². The first-order valence-electron chi connectivity index (χ1n) is 9.98. The summed E-state index contributed by atoms with van der Waals surface area (Å²) in [5.41, 5.74) is 2.87. The quantitative estimate of drug-likeness (QED) is 0.293. The van der Waals surface area contributed by atoms with E-state index < -0.39 is 17.8 Å². The number of carboxylic acids is 1. The minimum Gasteiger partial charge on any atom is -0.478 e. The van der Waals surface area contributed by atoms with Crippen molar-refractivity contribution < 1.29 is 19.5 Å². The van der Waals surface area contributed by atoms with Crippen molar-refractivity contribution in [2.24, 2.45) is 0 Å². The van der Waals surface area contributed by atoms with Crippen molar-refractivity contribution in [3.8, 4) is 5.69 Å². The summed E-state index contributed by atoms with van der Waals surface area (Å²) < 4.78 is 1.82. The van der Waals surface area contributed by atoms with Gasteiger partial charge in [0.05, 0.1) is 21.3 Å². The van der Waals surface area contributed by atoms with E-state index >= 15 is 0 Å². The number of hydrogen-bond acceptors (Lipinski definition) is 4. The fraction of sp³-hybridized carbons (Fsp3) is 0.0833. The predicted molar refractivity (Wildman–Crippen MR) is 135 cm³/mol. The highest BCUT2D eigenvalue weighted by atomic mass is 35.5. The van der Waals surface area contributed by atoms with Gasteiger partial charge in [0.1, 0.15) is 5.57 Å². The molecule has 0 unspecified atom stereocenters. The van der Waals surface area contributed by atoms with E-state index in [2.05, 4.69) is 5.32 Å². The highest BCUT2D eigenvalue weighted by Gasteiger charge is 2.35. The van der Waals surface area contributed by atoms with Crippen molar-refractivity contribution in [3.05, 3.63) is 86.7 Å². The van der Waals surface area contributed by atoms with Gasteiger partial charge in [0, 0.05) is 17.1 Å². The molecule has 0 atom stereocenters. The summed E-state index contributed by atoms with van der Waals surface area (Å²) in [7, 11) is 0. The van der Waals surface area contributed by atoms with Crippen LogP contribution in [0.25, 0.3) is 11.8 Å². The summed E-state index contributed by atoms with van der Waals surface area (Å²) in [5.74, 6) is -2.37. The molecule has 2 amide bonds. The SMILES string of the molecule is Cc1cc(/C=C2\C(=O)NC(=S)N(c3ccccc3Cl)C2=O)c(C)n1-c1ccc(Cl)c(C(=O)O)c1. The van der Waals surface area contributed by atoms with E-state index in [1.807, 2.05) is 11.5 Å². The van der Waals surface area contributed by atoms with Crippen LogP contribution in [0.15, 0.2) is 54.1 Å². The van der Waals surface area contributed by atoms with Gasteiger partial charge in [-0.05, 0) is 74.1 Å². The van der Waals surface area contributed by atoms with Gasteiger partial charge in [-0.15, -0.1) is 0 Å². The first-order chi connectivity index (χ1) is 16.1. The van der Waals surface area contributed by atoms with Crippen LogP contribution in [-0.4, -0.2) is 32.6 Å². The maximum atomic E-state index is 13.3. The van der Waals surface area contributed by atoms with E-state index in [1.165, 1.54) is 23.1 Å². The Labute approximate surface area is 210 Å². The number of anilines is 1. The number of aromatic nitrogens is 1. The molecule has 7 nitrogen and oxygen atoms in total. The van der Waals surface area contributed by atoms with Gasteiger partial charge < -0.3 is 9.67 Å². The van der Waals surface area contributed by atoms with E-state index in [1.54, 1.807) is 43.3 Å². The second-order valence-corrected chi connectivity index (χ2v) is 8.74. The fourth-order valence-electron chi connectivity index (χ4n) is 3.81. The molecule has 4 rings (SSSR count). The molecule has 0 aliphatic carbocycles. The number of nitrogens with one attached hydrogen (secondary N) is 1. The third kappa shape index (κ3) is 4.11. The highest BCUT2D eigenvalue weighted by Crippen LogP contribution is 2.30. The van der Waals surface area contributed by atoms with Crippen LogP contribution in [0.3, 0.4) is 0 Å². The number of nitrogens with zero attached hydrogens (tertiary/aromatic N) is 2. The molecule has 10 heteroatoms. The van der Waals surface area contributed by atoms with E-state index in [-0.39, 0.29) is 21.3 Å². The van der Waals surface area contributed by atoms with Gasteiger partial charge in [-0.25, -0.2) is 4.79 Å². The van der Waals surface area contributed by atoms with Crippen LogP contribution in [-0.2, 0) is 9.59 Å². The van der Waals surface area contributed by atoms with Gasteiger partial charge in [0.15, 0.2) is 5.11 Å². The number of hydrogen-bond donors (Lipinski definition) is 2. The lowest BCUT2D eigenvalue weighted by Crippen LogP contribution is -2.54. The summed E-state index contributed by atoms with van der Waals surface area (Å²) >= 11 is 17.5. The van der Waals surface area contributed by atoms with Gasteiger partial charge in [0.25, 0.3) is 11.8 Å². The Kier molecular flexibility index (Phi) is 6.31. The first kappa shape index (κ1) is 23.7. The first-order valence-corrected chi connectivity index (χ1v) is 11.1. The maximum Gasteiger partial charge on any atom is 0.337 e. The molecular formula is C24H17Cl2N3O4S. The van der Waals surface area contributed by atoms with Crippen molar-refractivity contribution >= 4 is 70.1 Å². The van der Waals surface area contributed by atoms with E-state index in [9.17, 15) is 19.5 Å². The molecule has 1 aliphatic heterocycles. The average molecular weight is 514 g/mol. The largest absolute Gasteiger partial charge is 0.478 e. The van der Waals surface area contributed by atoms with Crippen LogP contribution in [0.1, 0.15) is 27.3 Å². The van der Waals surface area contributed by atoms with Crippen LogP contribution in [0.2, 0.25) is 10.0 Å². The summed E-state index contributed by atoms with van der Waals surface area (Å²) in [6.45, 7) is 3.63.